The summed E-state index contributed by atoms with van der Waals surface area (Å²) in [4.78, 5) is 24.3. The maximum absolute atomic E-state index is 12.2. The largest absolute Gasteiger partial charge is 0.497 e. The van der Waals surface area contributed by atoms with Crippen LogP contribution in [0.25, 0.3) is 10.9 Å². The number of benzene rings is 2. The van der Waals surface area contributed by atoms with Gasteiger partial charge in [-0.05, 0) is 48.7 Å². The SMILES string of the molecule is COc1ccc(C(=O)NCCNC(=O)Cn2c(C)cc3ccccc32)cc1. The van der Waals surface area contributed by atoms with E-state index in [1.807, 2.05) is 35.8 Å². The van der Waals surface area contributed by atoms with Crippen LogP contribution in [-0.4, -0.2) is 36.6 Å². The molecule has 0 atom stereocenters. The summed E-state index contributed by atoms with van der Waals surface area (Å²) in [7, 11) is 1.58. The second-order valence-corrected chi connectivity index (χ2v) is 6.27. The summed E-state index contributed by atoms with van der Waals surface area (Å²) in [6.45, 7) is 2.98. The molecule has 0 spiro atoms. The van der Waals surface area contributed by atoms with E-state index in [0.717, 1.165) is 16.6 Å². The minimum Gasteiger partial charge on any atom is -0.497 e. The first-order valence-electron chi connectivity index (χ1n) is 8.82. The zero-order chi connectivity index (χ0) is 19.2. The molecule has 0 aliphatic rings. The van der Waals surface area contributed by atoms with Crippen LogP contribution in [0.1, 0.15) is 16.1 Å². The van der Waals surface area contributed by atoms with Crippen molar-refractivity contribution in [2.75, 3.05) is 20.2 Å². The van der Waals surface area contributed by atoms with Gasteiger partial charge in [-0.1, -0.05) is 18.2 Å². The Kier molecular flexibility index (Phi) is 5.76. The number of methoxy groups -OCH3 is 1. The summed E-state index contributed by atoms with van der Waals surface area (Å²) >= 11 is 0. The van der Waals surface area contributed by atoms with Crippen molar-refractivity contribution in [3.63, 3.8) is 0 Å². The molecule has 0 aliphatic carbocycles. The molecule has 0 fully saturated rings. The van der Waals surface area contributed by atoms with Crippen molar-refractivity contribution in [1.82, 2.24) is 15.2 Å². The molecule has 3 aromatic rings. The monoisotopic (exact) mass is 365 g/mol. The average Bonchev–Trinajstić information content (AvgIpc) is 3.00. The predicted octanol–water partition coefficient (Wildman–Crippen LogP) is 2.50. The highest BCUT2D eigenvalue weighted by Crippen LogP contribution is 2.18. The van der Waals surface area contributed by atoms with Crippen LogP contribution in [0.5, 0.6) is 5.75 Å². The van der Waals surface area contributed by atoms with Crippen molar-refractivity contribution in [2.45, 2.75) is 13.5 Å². The van der Waals surface area contributed by atoms with Crippen LogP contribution in [0.15, 0.2) is 54.6 Å². The van der Waals surface area contributed by atoms with Crippen LogP contribution >= 0.6 is 0 Å². The van der Waals surface area contributed by atoms with Gasteiger partial charge in [-0.25, -0.2) is 0 Å². The third-order valence-corrected chi connectivity index (χ3v) is 4.40. The highest BCUT2D eigenvalue weighted by molar-refractivity contribution is 5.94. The van der Waals surface area contributed by atoms with E-state index in [-0.39, 0.29) is 18.4 Å². The van der Waals surface area contributed by atoms with Gasteiger partial charge in [0.05, 0.1) is 7.11 Å². The zero-order valence-electron chi connectivity index (χ0n) is 15.5. The van der Waals surface area contributed by atoms with Crippen molar-refractivity contribution in [3.05, 3.63) is 65.9 Å². The first kappa shape index (κ1) is 18.5. The standard InChI is InChI=1S/C21H23N3O3/c1-15-13-17-5-3-4-6-19(17)24(15)14-20(25)22-11-12-23-21(26)16-7-9-18(27-2)10-8-16/h3-10,13H,11-12,14H2,1-2H3,(H,22,25)(H,23,26). The van der Waals surface area contributed by atoms with Crippen molar-refractivity contribution < 1.29 is 14.3 Å². The Balaban J connectivity index is 1.46. The number of ether oxygens (including phenoxy) is 1. The van der Waals surface area contributed by atoms with E-state index in [1.165, 1.54) is 0 Å². The molecule has 2 N–H and O–H groups in total. The van der Waals surface area contributed by atoms with Crippen molar-refractivity contribution >= 4 is 22.7 Å². The summed E-state index contributed by atoms with van der Waals surface area (Å²) < 4.78 is 7.06. The highest BCUT2D eigenvalue weighted by Gasteiger charge is 2.09. The third kappa shape index (κ3) is 4.47. The molecule has 2 amide bonds. The number of amides is 2. The van der Waals surface area contributed by atoms with E-state index in [0.29, 0.717) is 24.4 Å². The van der Waals surface area contributed by atoms with Crippen LogP contribution in [-0.2, 0) is 11.3 Å². The van der Waals surface area contributed by atoms with Crippen molar-refractivity contribution in [1.29, 1.82) is 0 Å². The van der Waals surface area contributed by atoms with Gasteiger partial charge < -0.3 is 19.9 Å². The summed E-state index contributed by atoms with van der Waals surface area (Å²) in [6, 6.07) is 16.9. The quantitative estimate of drug-likeness (QED) is 0.632. The third-order valence-electron chi connectivity index (χ3n) is 4.40. The smallest absolute Gasteiger partial charge is 0.251 e. The Morgan fingerprint density at radius 3 is 2.44 bits per heavy atom. The molecule has 0 saturated carbocycles. The molecule has 0 unspecified atom stereocenters. The fourth-order valence-electron chi connectivity index (χ4n) is 2.98. The maximum atomic E-state index is 12.2. The van der Waals surface area contributed by atoms with Crippen LogP contribution in [0.3, 0.4) is 0 Å². The van der Waals surface area contributed by atoms with Crippen molar-refractivity contribution in [2.24, 2.45) is 0 Å². The number of hydrogen-bond donors (Lipinski definition) is 2. The lowest BCUT2D eigenvalue weighted by Crippen LogP contribution is -2.36. The van der Waals surface area contributed by atoms with Gasteiger partial charge in [0.15, 0.2) is 0 Å². The first-order valence-corrected chi connectivity index (χ1v) is 8.82. The minimum absolute atomic E-state index is 0.0850. The number of hydrogen-bond acceptors (Lipinski definition) is 3. The van der Waals surface area contributed by atoms with Gasteiger partial charge in [0.2, 0.25) is 5.91 Å². The van der Waals surface area contributed by atoms with E-state index < -0.39 is 0 Å². The number of carbonyl (C=O) groups excluding carboxylic acids is 2. The number of rotatable bonds is 7. The number of fused-ring (bicyclic) bond motifs is 1. The number of para-hydroxylation sites is 1. The van der Waals surface area contributed by atoms with Gasteiger partial charge in [-0.3, -0.25) is 9.59 Å². The summed E-state index contributed by atoms with van der Waals surface area (Å²) in [6.07, 6.45) is 0. The Morgan fingerprint density at radius 1 is 1.00 bits per heavy atom. The van der Waals surface area contributed by atoms with Crippen LogP contribution in [0, 0.1) is 6.92 Å². The second-order valence-electron chi connectivity index (χ2n) is 6.27. The van der Waals surface area contributed by atoms with E-state index >= 15 is 0 Å². The topological polar surface area (TPSA) is 72.4 Å². The Labute approximate surface area is 158 Å². The number of nitrogens with one attached hydrogen (secondary N) is 2. The van der Waals surface area contributed by atoms with Crippen molar-refractivity contribution in [3.8, 4) is 5.75 Å². The molecule has 0 aliphatic heterocycles. The fraction of sp³-hybridized carbons (Fsp3) is 0.238. The summed E-state index contributed by atoms with van der Waals surface area (Å²) in [5, 5.41) is 6.75. The van der Waals surface area contributed by atoms with Gasteiger partial charge >= 0.3 is 0 Å². The second kappa shape index (κ2) is 8.40. The van der Waals surface area contributed by atoms with Crippen LogP contribution in [0.4, 0.5) is 0 Å². The lowest BCUT2D eigenvalue weighted by molar-refractivity contribution is -0.121. The molecule has 27 heavy (non-hydrogen) atoms. The molecule has 140 valence electrons. The molecule has 6 heteroatoms. The fourth-order valence-corrected chi connectivity index (χ4v) is 2.98. The molecule has 2 aromatic carbocycles. The van der Waals surface area contributed by atoms with E-state index in [2.05, 4.69) is 16.7 Å². The highest BCUT2D eigenvalue weighted by atomic mass is 16.5. The molecule has 1 heterocycles. The van der Waals surface area contributed by atoms with Crippen LogP contribution < -0.4 is 15.4 Å². The Bertz CT molecular complexity index is 945. The minimum atomic E-state index is -0.181. The molecular weight excluding hydrogens is 342 g/mol. The average molecular weight is 365 g/mol. The number of aryl methyl sites for hydroxylation is 1. The number of nitrogens with zero attached hydrogens (tertiary/aromatic N) is 1. The van der Waals surface area contributed by atoms with E-state index in [4.69, 9.17) is 4.74 Å². The molecule has 3 rings (SSSR count). The molecule has 1 aromatic heterocycles. The van der Waals surface area contributed by atoms with Gasteiger partial charge in [0, 0.05) is 29.9 Å². The summed E-state index contributed by atoms with van der Waals surface area (Å²) in [5.41, 5.74) is 2.63. The molecule has 0 saturated heterocycles. The maximum Gasteiger partial charge on any atom is 0.251 e. The summed E-state index contributed by atoms with van der Waals surface area (Å²) in [5.74, 6) is 0.434. The van der Waals surface area contributed by atoms with Gasteiger partial charge in [0.25, 0.3) is 5.91 Å². The lowest BCUT2D eigenvalue weighted by Gasteiger charge is -2.10. The lowest BCUT2D eigenvalue weighted by atomic mass is 10.2. The van der Waals surface area contributed by atoms with E-state index in [9.17, 15) is 9.59 Å². The molecule has 6 nitrogen and oxygen atoms in total. The van der Waals surface area contributed by atoms with Gasteiger partial charge in [-0.2, -0.15) is 0 Å². The zero-order valence-corrected chi connectivity index (χ0v) is 15.5. The first-order chi connectivity index (χ1) is 13.1. The molecular formula is C21H23N3O3. The molecule has 0 bridgehead atoms. The Hall–Kier alpha value is -3.28. The molecule has 0 radical (unpaired) electrons. The normalized spacial score (nSPS) is 10.6. The van der Waals surface area contributed by atoms with Gasteiger partial charge in [0.1, 0.15) is 12.3 Å². The number of carbonyl (C=O) groups is 2. The Morgan fingerprint density at radius 2 is 1.70 bits per heavy atom. The predicted molar refractivity (Wildman–Crippen MR) is 105 cm³/mol. The van der Waals surface area contributed by atoms with E-state index in [1.54, 1.807) is 31.4 Å². The number of aromatic nitrogens is 1. The van der Waals surface area contributed by atoms with Gasteiger partial charge in [-0.15, -0.1) is 0 Å². The van der Waals surface area contributed by atoms with Crippen LogP contribution in [0.2, 0.25) is 0 Å².